The molecule has 1 heterocycles. The highest BCUT2D eigenvalue weighted by Gasteiger charge is 1.97. The van der Waals surface area contributed by atoms with Crippen molar-refractivity contribution in [2.45, 2.75) is 0 Å². The molecule has 2 rings (SSSR count). The summed E-state index contributed by atoms with van der Waals surface area (Å²) >= 11 is 0. The molecule has 0 spiro atoms. The van der Waals surface area contributed by atoms with Crippen LogP contribution in [0.15, 0.2) is 42.6 Å². The van der Waals surface area contributed by atoms with Crippen molar-refractivity contribution in [2.75, 3.05) is 0 Å². The van der Waals surface area contributed by atoms with Crippen molar-refractivity contribution < 1.29 is 5.11 Å². The minimum absolute atomic E-state index is 0.259. The van der Waals surface area contributed by atoms with Gasteiger partial charge in [0, 0.05) is 11.8 Å². The van der Waals surface area contributed by atoms with E-state index in [1.54, 1.807) is 24.4 Å². The Hall–Kier alpha value is -1.83. The van der Waals surface area contributed by atoms with Crippen molar-refractivity contribution in [3.8, 4) is 16.9 Å². The minimum Gasteiger partial charge on any atom is -0.508 e. The first kappa shape index (κ1) is 7.80. The molecule has 1 radical (unpaired) electrons. The molecule has 0 saturated heterocycles. The maximum atomic E-state index is 9.24. The Balaban J connectivity index is 2.48. The Morgan fingerprint density at radius 1 is 1.15 bits per heavy atom. The second kappa shape index (κ2) is 3.27. The molecule has 0 unspecified atom stereocenters. The Kier molecular flexibility index (Phi) is 1.96. The van der Waals surface area contributed by atoms with Gasteiger partial charge in [-0.15, -0.1) is 0 Å². The van der Waals surface area contributed by atoms with Crippen LogP contribution in [-0.2, 0) is 0 Å². The van der Waals surface area contributed by atoms with Gasteiger partial charge >= 0.3 is 0 Å². The van der Waals surface area contributed by atoms with E-state index in [1.165, 1.54) is 0 Å². The van der Waals surface area contributed by atoms with Crippen LogP contribution in [0.3, 0.4) is 0 Å². The van der Waals surface area contributed by atoms with Gasteiger partial charge in [0.2, 0.25) is 0 Å². The standard InChI is InChI=1S/C11H8NO/c13-11-5-1-3-9(7-11)10-4-2-6-12-8-10/h1-7,13H. The fraction of sp³-hybridized carbons (Fsp3) is 0. The van der Waals surface area contributed by atoms with Crippen LogP contribution in [0.5, 0.6) is 5.75 Å². The smallest absolute Gasteiger partial charge is 0.116 e. The maximum Gasteiger partial charge on any atom is 0.116 e. The van der Waals surface area contributed by atoms with Crippen molar-refractivity contribution in [1.82, 2.24) is 4.98 Å². The lowest BCUT2D eigenvalue weighted by molar-refractivity contribution is 0.475. The van der Waals surface area contributed by atoms with Gasteiger partial charge in [-0.25, -0.2) is 0 Å². The topological polar surface area (TPSA) is 33.1 Å². The zero-order valence-electron chi connectivity index (χ0n) is 6.94. The average Bonchev–Trinajstić information content (AvgIpc) is 2.19. The van der Waals surface area contributed by atoms with Gasteiger partial charge in [-0.1, -0.05) is 18.2 Å². The van der Waals surface area contributed by atoms with Gasteiger partial charge in [-0.3, -0.25) is 4.98 Å². The van der Waals surface area contributed by atoms with Crippen LogP contribution >= 0.6 is 0 Å². The molecule has 0 aliphatic heterocycles. The van der Waals surface area contributed by atoms with Crippen LogP contribution in [0.25, 0.3) is 11.1 Å². The Labute approximate surface area is 76.5 Å². The lowest BCUT2D eigenvalue weighted by Gasteiger charge is -1.99. The molecule has 0 bridgehead atoms. The zero-order valence-corrected chi connectivity index (χ0v) is 6.94. The van der Waals surface area contributed by atoms with E-state index in [-0.39, 0.29) is 5.75 Å². The monoisotopic (exact) mass is 170 g/mol. The molecule has 2 nitrogen and oxygen atoms in total. The summed E-state index contributed by atoms with van der Waals surface area (Å²) in [5, 5.41) is 9.24. The minimum atomic E-state index is 0.259. The molecule has 0 aliphatic carbocycles. The predicted molar refractivity (Wildman–Crippen MR) is 50.2 cm³/mol. The quantitative estimate of drug-likeness (QED) is 0.712. The van der Waals surface area contributed by atoms with E-state index in [1.807, 2.05) is 18.2 Å². The van der Waals surface area contributed by atoms with Crippen LogP contribution in [-0.4, -0.2) is 10.1 Å². The van der Waals surface area contributed by atoms with E-state index in [0.717, 1.165) is 11.1 Å². The summed E-state index contributed by atoms with van der Waals surface area (Å²) < 4.78 is 0. The zero-order chi connectivity index (χ0) is 9.10. The van der Waals surface area contributed by atoms with E-state index in [4.69, 9.17) is 0 Å². The van der Waals surface area contributed by atoms with Gasteiger partial charge in [-0.05, 0) is 23.8 Å². The largest absolute Gasteiger partial charge is 0.508 e. The summed E-state index contributed by atoms with van der Waals surface area (Å²) in [7, 11) is 0. The van der Waals surface area contributed by atoms with Crippen molar-refractivity contribution in [3.63, 3.8) is 0 Å². The van der Waals surface area contributed by atoms with Crippen LogP contribution in [0.4, 0.5) is 0 Å². The van der Waals surface area contributed by atoms with E-state index >= 15 is 0 Å². The van der Waals surface area contributed by atoms with Gasteiger partial charge < -0.3 is 5.11 Å². The Bertz CT molecular complexity index is 398. The van der Waals surface area contributed by atoms with E-state index in [2.05, 4.69) is 11.2 Å². The van der Waals surface area contributed by atoms with Gasteiger partial charge in [-0.2, -0.15) is 0 Å². The molecule has 0 fully saturated rings. The third-order valence-electron chi connectivity index (χ3n) is 1.77. The number of nitrogens with zero attached hydrogens (tertiary/aromatic N) is 1. The Morgan fingerprint density at radius 3 is 2.77 bits per heavy atom. The summed E-state index contributed by atoms with van der Waals surface area (Å²) in [5.74, 6) is 0.259. The number of pyridine rings is 1. The lowest BCUT2D eigenvalue weighted by atomic mass is 10.1. The molecule has 0 saturated carbocycles. The maximum absolute atomic E-state index is 9.24. The molecule has 1 N–H and O–H groups in total. The van der Waals surface area contributed by atoms with Crippen LogP contribution in [0, 0.1) is 6.20 Å². The number of benzene rings is 1. The second-order valence-corrected chi connectivity index (χ2v) is 2.71. The van der Waals surface area contributed by atoms with Crippen molar-refractivity contribution in [3.05, 3.63) is 48.8 Å². The fourth-order valence-electron chi connectivity index (χ4n) is 1.16. The molecule has 1 aromatic heterocycles. The number of rotatable bonds is 1. The number of phenolic OH excluding ortho intramolecular Hbond substituents is 1. The average molecular weight is 170 g/mol. The first-order valence-corrected chi connectivity index (χ1v) is 3.98. The lowest BCUT2D eigenvalue weighted by Crippen LogP contribution is -1.78. The van der Waals surface area contributed by atoms with E-state index in [9.17, 15) is 5.11 Å². The van der Waals surface area contributed by atoms with Crippen molar-refractivity contribution >= 4 is 0 Å². The van der Waals surface area contributed by atoms with E-state index < -0.39 is 0 Å². The second-order valence-electron chi connectivity index (χ2n) is 2.71. The molecule has 0 aliphatic rings. The van der Waals surface area contributed by atoms with Crippen LogP contribution < -0.4 is 0 Å². The third kappa shape index (κ3) is 1.67. The first-order valence-electron chi connectivity index (χ1n) is 3.98. The van der Waals surface area contributed by atoms with Gasteiger partial charge in [0.05, 0.1) is 6.20 Å². The number of phenols is 1. The summed E-state index contributed by atoms with van der Waals surface area (Å²) in [4.78, 5) is 3.88. The number of hydrogen-bond acceptors (Lipinski definition) is 2. The highest BCUT2D eigenvalue weighted by Crippen LogP contribution is 2.21. The molecule has 63 valence electrons. The summed E-state index contributed by atoms with van der Waals surface area (Å²) in [6.45, 7) is 0. The number of aromatic hydroxyl groups is 1. The van der Waals surface area contributed by atoms with Crippen molar-refractivity contribution in [1.29, 1.82) is 0 Å². The molecule has 1 aromatic carbocycles. The fourth-order valence-corrected chi connectivity index (χ4v) is 1.16. The molecule has 0 amide bonds. The third-order valence-corrected chi connectivity index (χ3v) is 1.77. The Morgan fingerprint density at radius 2 is 2.08 bits per heavy atom. The summed E-state index contributed by atoms with van der Waals surface area (Å²) in [6, 6.07) is 10.8. The molecule has 2 aromatic rings. The predicted octanol–water partition coefficient (Wildman–Crippen LogP) is 2.25. The van der Waals surface area contributed by atoms with Gasteiger partial charge in [0.25, 0.3) is 0 Å². The molecular weight excluding hydrogens is 162 g/mol. The van der Waals surface area contributed by atoms with Crippen molar-refractivity contribution in [2.24, 2.45) is 0 Å². The molecular formula is C11H8NO. The number of aromatic nitrogens is 1. The molecule has 0 atom stereocenters. The normalized spacial score (nSPS) is 9.85. The molecule has 2 heteroatoms. The van der Waals surface area contributed by atoms with Gasteiger partial charge in [0.1, 0.15) is 5.75 Å². The van der Waals surface area contributed by atoms with E-state index in [0.29, 0.717) is 0 Å². The van der Waals surface area contributed by atoms with Crippen LogP contribution in [0.1, 0.15) is 0 Å². The summed E-state index contributed by atoms with van der Waals surface area (Å²) in [6.07, 6.45) is 4.52. The van der Waals surface area contributed by atoms with Gasteiger partial charge in [0.15, 0.2) is 0 Å². The highest BCUT2D eigenvalue weighted by molar-refractivity contribution is 5.63. The SMILES string of the molecule is Oc1cccc(-c2[c]nccc2)c1. The molecule has 13 heavy (non-hydrogen) atoms. The number of hydrogen-bond donors (Lipinski definition) is 1. The highest BCUT2D eigenvalue weighted by atomic mass is 16.3. The summed E-state index contributed by atoms with van der Waals surface area (Å²) in [5.41, 5.74) is 1.81. The van der Waals surface area contributed by atoms with Crippen LogP contribution in [0.2, 0.25) is 0 Å². The first-order chi connectivity index (χ1) is 6.36.